The van der Waals surface area contributed by atoms with E-state index in [9.17, 15) is 10.2 Å². The zero-order valence-corrected chi connectivity index (χ0v) is 15.8. The van der Waals surface area contributed by atoms with Crippen molar-refractivity contribution in [2.24, 2.45) is 0 Å². The van der Waals surface area contributed by atoms with E-state index >= 15 is 0 Å². The highest BCUT2D eigenvalue weighted by Gasteiger charge is 2.15. The molecule has 8 nitrogen and oxygen atoms in total. The summed E-state index contributed by atoms with van der Waals surface area (Å²) in [7, 11) is 3.75. The summed E-state index contributed by atoms with van der Waals surface area (Å²) in [5.41, 5.74) is 0.942. The van der Waals surface area contributed by atoms with Crippen LogP contribution in [-0.2, 0) is 0 Å². The van der Waals surface area contributed by atoms with Gasteiger partial charge in [0.05, 0.1) is 11.1 Å². The van der Waals surface area contributed by atoms with Crippen molar-refractivity contribution in [1.82, 2.24) is 20.4 Å². The van der Waals surface area contributed by atoms with E-state index in [-0.39, 0.29) is 23.3 Å². The van der Waals surface area contributed by atoms with Crippen molar-refractivity contribution in [1.29, 1.82) is 0 Å². The van der Waals surface area contributed by atoms with E-state index in [1.54, 1.807) is 48.5 Å². The van der Waals surface area contributed by atoms with E-state index in [0.717, 1.165) is 0 Å². The first kappa shape index (κ1) is 17.8. The Morgan fingerprint density at radius 1 is 0.630 bits per heavy atom. The van der Waals surface area contributed by atoms with Crippen molar-refractivity contribution >= 4 is 31.4 Å². The largest absolute Gasteiger partial charge is 0.507 e. The highest BCUT2D eigenvalue weighted by molar-refractivity contribution is 9.09. The van der Waals surface area contributed by atoms with Crippen LogP contribution in [0.15, 0.2) is 67.8 Å². The average Bonchev–Trinajstić information content (AvgIpc) is 3.33. The van der Waals surface area contributed by atoms with Crippen LogP contribution in [0.2, 0.25) is 0 Å². The number of hydrogen-bond acceptors (Lipinski definition) is 11. The molecular formula is C16H10N4O4S3. The molecule has 2 heterocycles. The lowest BCUT2D eigenvalue weighted by Crippen LogP contribution is -1.77. The van der Waals surface area contributed by atoms with E-state index < -0.39 is 0 Å². The van der Waals surface area contributed by atoms with Gasteiger partial charge in [-0.3, -0.25) is 0 Å². The fourth-order valence-corrected chi connectivity index (χ4v) is 4.82. The Kier molecular flexibility index (Phi) is 5.23. The number of phenolic OH excluding ortho intramolecular Hbond substituents is 2. The number of aromatic nitrogens is 4. The van der Waals surface area contributed by atoms with Gasteiger partial charge in [-0.1, -0.05) is 34.5 Å². The number of benzene rings is 2. The van der Waals surface area contributed by atoms with Crippen LogP contribution >= 0.6 is 31.4 Å². The lowest BCUT2D eigenvalue weighted by molar-refractivity contribution is 0.453. The smallest absolute Gasteiger partial charge is 0.288 e. The second kappa shape index (κ2) is 7.94. The first-order valence-corrected chi connectivity index (χ1v) is 10.9. The lowest BCUT2D eigenvalue weighted by atomic mass is 10.2. The quantitative estimate of drug-likeness (QED) is 0.426. The standard InChI is InChI=1S/C16H10N4O4S3/c21-11-7-3-1-5-9(11)13-17-19-15(23-13)25-27-26-16-20-18-14(24-16)10-6-2-4-8-12(10)22/h1-8,21-22H. The molecule has 0 aliphatic carbocycles. The number of aromatic hydroxyl groups is 2. The van der Waals surface area contributed by atoms with E-state index in [4.69, 9.17) is 8.83 Å². The van der Waals surface area contributed by atoms with Crippen LogP contribution in [0.4, 0.5) is 0 Å². The molecule has 0 unspecified atom stereocenters. The Balaban J connectivity index is 1.37. The predicted octanol–water partition coefficient (Wildman–Crippen LogP) is 4.65. The van der Waals surface area contributed by atoms with Gasteiger partial charge in [0, 0.05) is 21.6 Å². The van der Waals surface area contributed by atoms with E-state index in [0.29, 0.717) is 21.6 Å². The first-order valence-electron chi connectivity index (χ1n) is 7.45. The van der Waals surface area contributed by atoms with Crippen molar-refractivity contribution in [2.45, 2.75) is 10.4 Å². The fraction of sp³-hybridized carbons (Fsp3) is 0. The molecule has 0 fully saturated rings. The summed E-state index contributed by atoms with van der Waals surface area (Å²) in [5, 5.41) is 36.0. The summed E-state index contributed by atoms with van der Waals surface area (Å²) < 4.78 is 11.1. The van der Waals surface area contributed by atoms with E-state index in [1.165, 1.54) is 31.4 Å². The summed E-state index contributed by atoms with van der Waals surface area (Å²) in [4.78, 5) is 0. The maximum absolute atomic E-state index is 9.82. The fourth-order valence-electron chi connectivity index (χ4n) is 2.09. The van der Waals surface area contributed by atoms with E-state index in [1.807, 2.05) is 0 Å². The van der Waals surface area contributed by atoms with Gasteiger partial charge in [0.2, 0.25) is 0 Å². The van der Waals surface area contributed by atoms with Gasteiger partial charge < -0.3 is 19.0 Å². The van der Waals surface area contributed by atoms with Crippen LogP contribution in [0.25, 0.3) is 22.9 Å². The Morgan fingerprint density at radius 3 is 1.52 bits per heavy atom. The predicted molar refractivity (Wildman–Crippen MR) is 102 cm³/mol. The molecule has 0 radical (unpaired) electrons. The third-order valence-electron chi connectivity index (χ3n) is 3.29. The van der Waals surface area contributed by atoms with Crippen LogP contribution in [0.1, 0.15) is 0 Å². The molecule has 2 aromatic carbocycles. The van der Waals surface area contributed by atoms with E-state index in [2.05, 4.69) is 20.4 Å². The van der Waals surface area contributed by atoms with Crippen LogP contribution < -0.4 is 0 Å². The molecule has 0 aliphatic rings. The van der Waals surface area contributed by atoms with Gasteiger partial charge in [0.25, 0.3) is 22.2 Å². The van der Waals surface area contributed by atoms with Crippen LogP contribution in [0.5, 0.6) is 11.5 Å². The molecule has 2 aromatic heterocycles. The van der Waals surface area contributed by atoms with Crippen LogP contribution in [0, 0.1) is 0 Å². The Labute approximate surface area is 164 Å². The molecule has 0 bridgehead atoms. The number of hydrogen-bond donors (Lipinski definition) is 2. The Bertz CT molecular complexity index is 985. The topological polar surface area (TPSA) is 118 Å². The van der Waals surface area contributed by atoms with Gasteiger partial charge in [-0.05, 0) is 34.1 Å². The third-order valence-corrected chi connectivity index (χ3v) is 6.53. The number of nitrogens with zero attached hydrogens (tertiary/aromatic N) is 4. The lowest BCUT2D eigenvalue weighted by Gasteiger charge is -1.97. The maximum atomic E-state index is 9.82. The molecule has 0 aliphatic heterocycles. The maximum Gasteiger partial charge on any atom is 0.288 e. The summed E-state index contributed by atoms with van der Waals surface area (Å²) >= 11 is 0. The van der Waals surface area contributed by atoms with Crippen molar-refractivity contribution in [3.63, 3.8) is 0 Å². The zero-order valence-electron chi connectivity index (χ0n) is 13.3. The van der Waals surface area contributed by atoms with Crippen LogP contribution in [-0.4, -0.2) is 30.6 Å². The number of para-hydroxylation sites is 2. The SMILES string of the molecule is Oc1ccccc1-c1nnc(SSSc2nnc(-c3ccccc3O)o2)o1. The minimum Gasteiger partial charge on any atom is -0.507 e. The van der Waals surface area contributed by atoms with Crippen molar-refractivity contribution < 1.29 is 19.0 Å². The zero-order chi connectivity index (χ0) is 18.6. The first-order chi connectivity index (χ1) is 13.2. The molecule has 136 valence electrons. The highest BCUT2D eigenvalue weighted by Crippen LogP contribution is 2.44. The van der Waals surface area contributed by atoms with Gasteiger partial charge in [0.1, 0.15) is 11.5 Å². The van der Waals surface area contributed by atoms with Gasteiger partial charge in [-0.2, -0.15) is 0 Å². The van der Waals surface area contributed by atoms with Gasteiger partial charge in [-0.15, -0.1) is 10.2 Å². The Hall–Kier alpha value is -2.63. The summed E-state index contributed by atoms with van der Waals surface area (Å²) in [6.45, 7) is 0. The summed E-state index contributed by atoms with van der Waals surface area (Å²) in [5.74, 6) is 0.617. The Morgan fingerprint density at radius 2 is 1.07 bits per heavy atom. The molecule has 27 heavy (non-hydrogen) atoms. The van der Waals surface area contributed by atoms with Crippen molar-refractivity contribution in [2.75, 3.05) is 0 Å². The summed E-state index contributed by atoms with van der Waals surface area (Å²) in [6.07, 6.45) is 0. The number of phenols is 2. The third kappa shape index (κ3) is 4.04. The van der Waals surface area contributed by atoms with Crippen LogP contribution in [0.3, 0.4) is 0 Å². The molecular weight excluding hydrogens is 408 g/mol. The monoisotopic (exact) mass is 418 g/mol. The van der Waals surface area contributed by atoms with Gasteiger partial charge in [0.15, 0.2) is 0 Å². The normalized spacial score (nSPS) is 11.0. The van der Waals surface area contributed by atoms with Gasteiger partial charge >= 0.3 is 0 Å². The second-order valence-corrected chi connectivity index (χ2v) is 8.82. The second-order valence-electron chi connectivity index (χ2n) is 5.02. The molecule has 0 saturated heterocycles. The molecule has 4 aromatic rings. The average molecular weight is 418 g/mol. The molecule has 0 atom stereocenters. The molecule has 0 saturated carbocycles. The highest BCUT2D eigenvalue weighted by atomic mass is 33.5. The molecule has 4 rings (SSSR count). The number of rotatable bonds is 6. The van der Waals surface area contributed by atoms with Crippen molar-refractivity contribution in [3.05, 3.63) is 48.5 Å². The summed E-state index contributed by atoms with van der Waals surface area (Å²) in [6, 6.07) is 13.5. The van der Waals surface area contributed by atoms with Crippen molar-refractivity contribution in [3.8, 4) is 34.4 Å². The molecule has 2 N–H and O–H groups in total. The molecule has 0 amide bonds. The molecule has 0 spiro atoms. The minimum absolute atomic E-state index is 0.0716. The molecule has 11 heteroatoms. The minimum atomic E-state index is 0.0716. The van der Waals surface area contributed by atoms with Gasteiger partial charge in [-0.25, -0.2) is 0 Å².